The van der Waals surface area contributed by atoms with Crippen LogP contribution in [0.3, 0.4) is 0 Å². The molecule has 4 heteroatoms. The Kier molecular flexibility index (Phi) is 4.61. The van der Waals surface area contributed by atoms with E-state index < -0.39 is 0 Å². The van der Waals surface area contributed by atoms with Crippen molar-refractivity contribution in [2.45, 2.75) is 39.7 Å². The third-order valence-electron chi connectivity index (χ3n) is 3.32. The number of rotatable bonds is 4. The van der Waals surface area contributed by atoms with Crippen molar-refractivity contribution >= 4 is 17.4 Å². The van der Waals surface area contributed by atoms with Gasteiger partial charge in [-0.2, -0.15) is 5.10 Å². The van der Waals surface area contributed by atoms with Crippen molar-refractivity contribution in [1.82, 2.24) is 10.2 Å². The molecule has 1 N–H and O–H groups in total. The lowest BCUT2D eigenvalue weighted by atomic mass is 10.1. The first-order valence-electron chi connectivity index (χ1n) is 6.83. The molecule has 1 aromatic carbocycles. The van der Waals surface area contributed by atoms with Crippen molar-refractivity contribution in [2.75, 3.05) is 5.32 Å². The first-order chi connectivity index (χ1) is 9.47. The Morgan fingerprint density at radius 2 is 1.70 bits per heavy atom. The summed E-state index contributed by atoms with van der Waals surface area (Å²) in [6, 6.07) is 10.1. The topological polar surface area (TPSA) is 37.8 Å². The van der Waals surface area contributed by atoms with E-state index in [1.165, 1.54) is 5.56 Å². The third kappa shape index (κ3) is 3.48. The van der Waals surface area contributed by atoms with Crippen LogP contribution in [0.4, 0.5) is 5.82 Å². The van der Waals surface area contributed by atoms with Crippen molar-refractivity contribution in [3.63, 3.8) is 0 Å². The summed E-state index contributed by atoms with van der Waals surface area (Å²) in [6.45, 7) is 8.39. The normalized spacial score (nSPS) is 12.5. The van der Waals surface area contributed by atoms with Gasteiger partial charge in [0.2, 0.25) is 0 Å². The Bertz CT molecular complexity index is 579. The van der Waals surface area contributed by atoms with Gasteiger partial charge in [0.1, 0.15) is 0 Å². The highest BCUT2D eigenvalue weighted by atomic mass is 35.5. The molecule has 0 radical (unpaired) electrons. The molecule has 0 spiro atoms. The minimum Gasteiger partial charge on any atom is -0.362 e. The van der Waals surface area contributed by atoms with E-state index in [0.717, 1.165) is 22.1 Å². The Morgan fingerprint density at radius 3 is 2.25 bits per heavy atom. The second-order valence-corrected chi connectivity index (χ2v) is 5.81. The van der Waals surface area contributed by atoms with Crippen LogP contribution in [-0.4, -0.2) is 10.2 Å². The van der Waals surface area contributed by atoms with E-state index in [9.17, 15) is 0 Å². The molecule has 0 aliphatic rings. The van der Waals surface area contributed by atoms with Gasteiger partial charge in [-0.3, -0.25) is 0 Å². The molecule has 0 aliphatic heterocycles. The van der Waals surface area contributed by atoms with Gasteiger partial charge in [0.25, 0.3) is 0 Å². The lowest BCUT2D eigenvalue weighted by molar-refractivity contribution is 0.774. The maximum Gasteiger partial charge on any atom is 0.152 e. The van der Waals surface area contributed by atoms with E-state index in [1.807, 2.05) is 24.3 Å². The molecule has 2 aromatic rings. The maximum atomic E-state index is 5.91. The van der Waals surface area contributed by atoms with E-state index in [2.05, 4.69) is 49.3 Å². The second-order valence-electron chi connectivity index (χ2n) is 5.37. The maximum absolute atomic E-state index is 5.91. The van der Waals surface area contributed by atoms with Crippen molar-refractivity contribution in [2.24, 2.45) is 0 Å². The quantitative estimate of drug-likeness (QED) is 0.884. The number of anilines is 1. The van der Waals surface area contributed by atoms with Gasteiger partial charge in [0.15, 0.2) is 5.82 Å². The van der Waals surface area contributed by atoms with Gasteiger partial charge in [-0.05, 0) is 49.1 Å². The van der Waals surface area contributed by atoms with Crippen LogP contribution in [0.5, 0.6) is 0 Å². The van der Waals surface area contributed by atoms with Crippen LogP contribution in [-0.2, 0) is 0 Å². The molecule has 0 saturated carbocycles. The SMILES string of the molecule is Cc1cc(C(C)C)nnc1N[C@H](C)c1ccc(Cl)cc1. The van der Waals surface area contributed by atoms with Crippen molar-refractivity contribution in [3.8, 4) is 0 Å². The molecule has 1 heterocycles. The number of hydrogen-bond donors (Lipinski definition) is 1. The van der Waals surface area contributed by atoms with E-state index in [0.29, 0.717) is 5.92 Å². The Labute approximate surface area is 125 Å². The van der Waals surface area contributed by atoms with Crippen LogP contribution in [0.2, 0.25) is 5.02 Å². The summed E-state index contributed by atoms with van der Waals surface area (Å²) in [6.07, 6.45) is 0. The number of aromatic nitrogens is 2. The number of hydrogen-bond acceptors (Lipinski definition) is 3. The standard InChI is InChI=1S/C16H20ClN3/c1-10(2)15-9-11(3)16(20-19-15)18-12(4)13-5-7-14(17)8-6-13/h5-10,12H,1-4H3,(H,18,20)/t12-/m1/s1. The summed E-state index contributed by atoms with van der Waals surface area (Å²) in [4.78, 5) is 0. The monoisotopic (exact) mass is 289 g/mol. The predicted octanol–water partition coefficient (Wildman–Crippen LogP) is 4.73. The van der Waals surface area contributed by atoms with Crippen LogP contribution in [0.1, 0.15) is 49.6 Å². The van der Waals surface area contributed by atoms with Gasteiger partial charge in [0.05, 0.1) is 11.7 Å². The third-order valence-corrected chi connectivity index (χ3v) is 3.57. The molecule has 1 aromatic heterocycles. The zero-order valence-corrected chi connectivity index (χ0v) is 13.1. The molecule has 3 nitrogen and oxygen atoms in total. The Balaban J connectivity index is 2.15. The smallest absolute Gasteiger partial charge is 0.152 e. The van der Waals surface area contributed by atoms with Crippen molar-refractivity contribution < 1.29 is 0 Å². The molecule has 0 saturated heterocycles. The summed E-state index contributed by atoms with van der Waals surface area (Å²) < 4.78 is 0. The van der Waals surface area contributed by atoms with Crippen LogP contribution in [0, 0.1) is 6.92 Å². The zero-order chi connectivity index (χ0) is 14.7. The van der Waals surface area contributed by atoms with E-state index in [-0.39, 0.29) is 6.04 Å². The van der Waals surface area contributed by atoms with Gasteiger partial charge in [0, 0.05) is 5.02 Å². The molecule has 0 bridgehead atoms. The summed E-state index contributed by atoms with van der Waals surface area (Å²) in [5.41, 5.74) is 3.31. The largest absolute Gasteiger partial charge is 0.362 e. The van der Waals surface area contributed by atoms with E-state index in [4.69, 9.17) is 11.6 Å². The number of halogens is 1. The molecule has 20 heavy (non-hydrogen) atoms. The number of benzene rings is 1. The van der Waals surface area contributed by atoms with Crippen molar-refractivity contribution in [3.05, 3.63) is 52.2 Å². The average molecular weight is 290 g/mol. The lowest BCUT2D eigenvalue weighted by Crippen LogP contribution is -2.11. The minimum absolute atomic E-state index is 0.158. The van der Waals surface area contributed by atoms with Gasteiger partial charge >= 0.3 is 0 Å². The van der Waals surface area contributed by atoms with E-state index >= 15 is 0 Å². The first-order valence-corrected chi connectivity index (χ1v) is 7.21. The average Bonchev–Trinajstić information content (AvgIpc) is 2.41. The summed E-state index contributed by atoms with van der Waals surface area (Å²) >= 11 is 5.91. The Hall–Kier alpha value is -1.61. The van der Waals surface area contributed by atoms with Crippen LogP contribution >= 0.6 is 11.6 Å². The molecule has 1 atom stereocenters. The van der Waals surface area contributed by atoms with Gasteiger partial charge in [-0.1, -0.05) is 37.6 Å². The molecule has 2 rings (SSSR count). The highest BCUT2D eigenvalue weighted by Crippen LogP contribution is 2.22. The number of aryl methyl sites for hydroxylation is 1. The van der Waals surface area contributed by atoms with Crippen LogP contribution < -0.4 is 5.32 Å². The fourth-order valence-electron chi connectivity index (χ4n) is 1.97. The Morgan fingerprint density at radius 1 is 1.05 bits per heavy atom. The predicted molar refractivity (Wildman–Crippen MR) is 84.3 cm³/mol. The fourth-order valence-corrected chi connectivity index (χ4v) is 2.10. The molecule has 0 unspecified atom stereocenters. The zero-order valence-electron chi connectivity index (χ0n) is 12.3. The van der Waals surface area contributed by atoms with E-state index in [1.54, 1.807) is 0 Å². The van der Waals surface area contributed by atoms with Gasteiger partial charge < -0.3 is 5.32 Å². The summed E-state index contributed by atoms with van der Waals surface area (Å²) in [5.74, 6) is 1.22. The fraction of sp³-hybridized carbons (Fsp3) is 0.375. The lowest BCUT2D eigenvalue weighted by Gasteiger charge is -2.17. The number of nitrogens with one attached hydrogen (secondary N) is 1. The molecule has 0 fully saturated rings. The molecule has 0 aliphatic carbocycles. The first kappa shape index (κ1) is 14.8. The van der Waals surface area contributed by atoms with Gasteiger partial charge in [-0.15, -0.1) is 5.10 Å². The summed E-state index contributed by atoms with van der Waals surface area (Å²) in [5, 5.41) is 12.7. The van der Waals surface area contributed by atoms with Crippen molar-refractivity contribution in [1.29, 1.82) is 0 Å². The molecule has 106 valence electrons. The molecular weight excluding hydrogens is 270 g/mol. The van der Waals surface area contributed by atoms with Crippen LogP contribution in [0.25, 0.3) is 0 Å². The highest BCUT2D eigenvalue weighted by molar-refractivity contribution is 6.30. The van der Waals surface area contributed by atoms with Crippen LogP contribution in [0.15, 0.2) is 30.3 Å². The summed E-state index contributed by atoms with van der Waals surface area (Å²) in [7, 11) is 0. The molecular formula is C16H20ClN3. The highest BCUT2D eigenvalue weighted by Gasteiger charge is 2.10. The number of nitrogens with zero attached hydrogens (tertiary/aromatic N) is 2. The minimum atomic E-state index is 0.158. The second kappa shape index (κ2) is 6.23. The van der Waals surface area contributed by atoms with Gasteiger partial charge in [-0.25, -0.2) is 0 Å². The molecule has 0 amide bonds.